The van der Waals surface area contributed by atoms with Crippen LogP contribution in [-0.2, 0) is 4.79 Å². The number of ether oxygens (including phenoxy) is 1. The van der Waals surface area contributed by atoms with Crippen molar-refractivity contribution >= 4 is 22.6 Å². The second kappa shape index (κ2) is 9.33. The van der Waals surface area contributed by atoms with Crippen LogP contribution < -0.4 is 4.74 Å². The predicted molar refractivity (Wildman–Crippen MR) is 129 cm³/mol. The van der Waals surface area contributed by atoms with Crippen LogP contribution in [0.2, 0.25) is 0 Å². The van der Waals surface area contributed by atoms with Crippen molar-refractivity contribution < 1.29 is 14.3 Å². The molecule has 0 bridgehead atoms. The zero-order valence-electron chi connectivity index (χ0n) is 18.4. The second-order valence-electron chi connectivity index (χ2n) is 8.45. The molecule has 0 aliphatic carbocycles. The number of benzene rings is 3. The predicted octanol–water partition coefficient (Wildman–Crippen LogP) is 5.18. The van der Waals surface area contributed by atoms with Gasteiger partial charge in [-0.25, -0.2) is 0 Å². The van der Waals surface area contributed by atoms with Gasteiger partial charge < -0.3 is 14.6 Å². The lowest BCUT2D eigenvalue weighted by atomic mass is 9.89. The van der Waals surface area contributed by atoms with Gasteiger partial charge in [0.05, 0.1) is 0 Å². The molecule has 1 aliphatic rings. The van der Waals surface area contributed by atoms with E-state index in [0.717, 1.165) is 31.4 Å². The van der Waals surface area contributed by atoms with Gasteiger partial charge in [-0.3, -0.25) is 9.59 Å². The lowest BCUT2D eigenvalue weighted by Crippen LogP contribution is -2.40. The molecule has 2 heterocycles. The molecule has 0 atom stereocenters. The number of nitrogens with one attached hydrogen (secondary N) is 1. The number of nitrogens with zero attached hydrogens (tertiary/aromatic N) is 1. The molecule has 0 radical (unpaired) electrons. The van der Waals surface area contributed by atoms with E-state index in [1.165, 1.54) is 10.9 Å². The molecule has 33 heavy (non-hydrogen) atoms. The summed E-state index contributed by atoms with van der Waals surface area (Å²) >= 11 is 0. The minimum Gasteiger partial charge on any atom is -0.484 e. The van der Waals surface area contributed by atoms with Gasteiger partial charge >= 0.3 is 0 Å². The molecular formula is C28H26N2O3. The number of amides is 1. The molecule has 5 nitrogen and oxygen atoms in total. The summed E-state index contributed by atoms with van der Waals surface area (Å²) in [5.41, 5.74) is 3.76. The van der Waals surface area contributed by atoms with Crippen LogP contribution in [0.4, 0.5) is 0 Å². The molecule has 1 N–H and O–H groups in total. The number of piperidine rings is 1. The van der Waals surface area contributed by atoms with E-state index in [1.54, 1.807) is 36.4 Å². The third-order valence-corrected chi connectivity index (χ3v) is 6.42. The maximum absolute atomic E-state index is 12.7. The number of likely N-dealkylation sites (tertiary alicyclic amines) is 1. The molecule has 5 rings (SSSR count). The van der Waals surface area contributed by atoms with E-state index < -0.39 is 0 Å². The molecule has 5 heteroatoms. The standard InChI is InChI=1S/C28H26N2O3/c31-27(19-33-23-12-10-22(11-13-23)28(32)21-6-2-1-3-7-21)30-16-14-20(15-17-30)25-18-29-26-9-5-4-8-24(25)26/h1-13,18,20,29H,14-17,19H2. The fourth-order valence-corrected chi connectivity index (χ4v) is 4.57. The third kappa shape index (κ3) is 4.53. The van der Waals surface area contributed by atoms with Crippen LogP contribution in [0.1, 0.15) is 40.2 Å². The number of hydrogen-bond acceptors (Lipinski definition) is 3. The molecule has 0 unspecified atom stereocenters. The van der Waals surface area contributed by atoms with Crippen LogP contribution in [0.15, 0.2) is 85.1 Å². The van der Waals surface area contributed by atoms with Crippen molar-refractivity contribution in [3.05, 3.63) is 102 Å². The van der Waals surface area contributed by atoms with Gasteiger partial charge in [0.1, 0.15) is 5.75 Å². The summed E-state index contributed by atoms with van der Waals surface area (Å²) in [6.07, 6.45) is 4.01. The van der Waals surface area contributed by atoms with E-state index in [-0.39, 0.29) is 18.3 Å². The Bertz CT molecular complexity index is 1250. The number of ketones is 1. The van der Waals surface area contributed by atoms with Crippen molar-refractivity contribution in [1.29, 1.82) is 0 Å². The fourth-order valence-electron chi connectivity index (χ4n) is 4.57. The van der Waals surface area contributed by atoms with Gasteiger partial charge in [0.15, 0.2) is 12.4 Å². The van der Waals surface area contributed by atoms with Gasteiger partial charge in [-0.15, -0.1) is 0 Å². The first-order valence-corrected chi connectivity index (χ1v) is 11.4. The fraction of sp³-hybridized carbons (Fsp3) is 0.214. The van der Waals surface area contributed by atoms with Crippen LogP contribution in [0.3, 0.4) is 0 Å². The Kier molecular flexibility index (Phi) is 5.94. The number of carbonyl (C=O) groups excluding carboxylic acids is 2. The minimum absolute atomic E-state index is 0.00295. The molecule has 3 aromatic carbocycles. The molecule has 0 saturated carbocycles. The van der Waals surface area contributed by atoms with Crippen molar-refractivity contribution in [3.63, 3.8) is 0 Å². The van der Waals surface area contributed by atoms with Gasteiger partial charge in [0.2, 0.25) is 0 Å². The highest BCUT2D eigenvalue weighted by Crippen LogP contribution is 2.33. The lowest BCUT2D eigenvalue weighted by Gasteiger charge is -2.32. The van der Waals surface area contributed by atoms with Gasteiger partial charge in [0.25, 0.3) is 5.91 Å². The number of hydrogen-bond donors (Lipinski definition) is 1. The molecule has 1 amide bonds. The molecule has 1 fully saturated rings. The Morgan fingerprint density at radius 1 is 0.848 bits per heavy atom. The Hall–Kier alpha value is -3.86. The average Bonchev–Trinajstić information content (AvgIpc) is 3.32. The lowest BCUT2D eigenvalue weighted by molar-refractivity contribution is -0.134. The van der Waals surface area contributed by atoms with Crippen molar-refractivity contribution in [3.8, 4) is 5.75 Å². The van der Waals surface area contributed by atoms with E-state index in [0.29, 0.717) is 22.8 Å². The average molecular weight is 439 g/mol. The zero-order chi connectivity index (χ0) is 22.6. The Labute approximate surface area is 193 Å². The summed E-state index contributed by atoms with van der Waals surface area (Å²) in [5.74, 6) is 1.01. The van der Waals surface area contributed by atoms with Gasteiger partial charge in [-0.1, -0.05) is 48.5 Å². The van der Waals surface area contributed by atoms with Crippen LogP contribution >= 0.6 is 0 Å². The summed E-state index contributed by atoms with van der Waals surface area (Å²) in [5, 5.41) is 1.28. The normalized spacial score (nSPS) is 14.4. The Morgan fingerprint density at radius 2 is 1.52 bits per heavy atom. The van der Waals surface area contributed by atoms with Crippen molar-refractivity contribution in [2.75, 3.05) is 19.7 Å². The van der Waals surface area contributed by atoms with Crippen LogP contribution in [0, 0.1) is 0 Å². The van der Waals surface area contributed by atoms with Crippen LogP contribution in [0.5, 0.6) is 5.75 Å². The number of carbonyl (C=O) groups is 2. The maximum atomic E-state index is 12.7. The Morgan fingerprint density at radius 3 is 2.27 bits per heavy atom. The first-order valence-electron chi connectivity index (χ1n) is 11.4. The number of aromatic amines is 1. The number of aromatic nitrogens is 1. The largest absolute Gasteiger partial charge is 0.484 e. The summed E-state index contributed by atoms with van der Waals surface area (Å²) in [4.78, 5) is 30.4. The SMILES string of the molecule is O=C(c1ccccc1)c1ccc(OCC(=O)N2CCC(c3c[nH]c4ccccc34)CC2)cc1. The maximum Gasteiger partial charge on any atom is 0.260 e. The smallest absolute Gasteiger partial charge is 0.260 e. The molecule has 1 saturated heterocycles. The van der Waals surface area contributed by atoms with E-state index in [2.05, 4.69) is 29.4 Å². The first kappa shape index (κ1) is 21.0. The number of fused-ring (bicyclic) bond motifs is 1. The number of H-pyrrole nitrogens is 1. The van der Waals surface area contributed by atoms with E-state index >= 15 is 0 Å². The van der Waals surface area contributed by atoms with Crippen molar-refractivity contribution in [2.45, 2.75) is 18.8 Å². The first-order chi connectivity index (χ1) is 16.2. The van der Waals surface area contributed by atoms with E-state index in [4.69, 9.17) is 4.74 Å². The van der Waals surface area contributed by atoms with E-state index in [1.807, 2.05) is 29.2 Å². The summed E-state index contributed by atoms with van der Waals surface area (Å²) in [6, 6.07) is 24.5. The summed E-state index contributed by atoms with van der Waals surface area (Å²) in [6.45, 7) is 1.47. The second-order valence-corrected chi connectivity index (χ2v) is 8.45. The van der Waals surface area contributed by atoms with Crippen molar-refractivity contribution in [2.24, 2.45) is 0 Å². The highest BCUT2D eigenvalue weighted by atomic mass is 16.5. The topological polar surface area (TPSA) is 62.4 Å². The monoisotopic (exact) mass is 438 g/mol. The summed E-state index contributed by atoms with van der Waals surface area (Å²) in [7, 11) is 0. The van der Waals surface area contributed by atoms with Gasteiger partial charge in [-0.05, 0) is 54.7 Å². The highest BCUT2D eigenvalue weighted by molar-refractivity contribution is 6.09. The highest BCUT2D eigenvalue weighted by Gasteiger charge is 2.25. The number of rotatable bonds is 6. The molecular weight excluding hydrogens is 412 g/mol. The third-order valence-electron chi connectivity index (χ3n) is 6.42. The van der Waals surface area contributed by atoms with Crippen molar-refractivity contribution in [1.82, 2.24) is 9.88 Å². The number of para-hydroxylation sites is 1. The van der Waals surface area contributed by atoms with Gasteiger partial charge in [-0.2, -0.15) is 0 Å². The van der Waals surface area contributed by atoms with Crippen LogP contribution in [0.25, 0.3) is 10.9 Å². The molecule has 0 spiro atoms. The Balaban J connectivity index is 1.13. The minimum atomic E-state index is -0.0312. The zero-order valence-corrected chi connectivity index (χ0v) is 18.4. The van der Waals surface area contributed by atoms with Crippen LogP contribution in [-0.4, -0.2) is 41.3 Å². The molecule has 1 aromatic heterocycles. The molecule has 166 valence electrons. The quantitative estimate of drug-likeness (QED) is 0.422. The molecule has 1 aliphatic heterocycles. The van der Waals surface area contributed by atoms with E-state index in [9.17, 15) is 9.59 Å². The van der Waals surface area contributed by atoms with Gasteiger partial charge in [0, 0.05) is 41.3 Å². The summed E-state index contributed by atoms with van der Waals surface area (Å²) < 4.78 is 5.71. The molecule has 4 aromatic rings.